The number of rotatable bonds is 10. The molecule has 23 heavy (non-hydrogen) atoms. The molecule has 0 spiro atoms. The summed E-state index contributed by atoms with van der Waals surface area (Å²) in [4.78, 5) is 11.6. The summed E-state index contributed by atoms with van der Waals surface area (Å²) in [5.41, 5.74) is 0.238. The van der Waals surface area contributed by atoms with Gasteiger partial charge in [-0.2, -0.15) is 0 Å². The summed E-state index contributed by atoms with van der Waals surface area (Å²) in [6.07, 6.45) is 1.23. The Morgan fingerprint density at radius 2 is 1.96 bits per heavy atom. The number of hydrogen-bond donors (Lipinski definition) is 2. The van der Waals surface area contributed by atoms with E-state index >= 15 is 0 Å². The van der Waals surface area contributed by atoms with Crippen LogP contribution in [0.1, 0.15) is 46.1 Å². The van der Waals surface area contributed by atoms with Crippen LogP contribution in [0.5, 0.6) is 11.5 Å². The minimum Gasteiger partial charge on any atom is -0.493 e. The lowest BCUT2D eigenvalue weighted by Crippen LogP contribution is -2.40. The summed E-state index contributed by atoms with van der Waals surface area (Å²) in [5.74, 6) is 0.652. The van der Waals surface area contributed by atoms with Crippen LogP contribution in [0.25, 0.3) is 0 Å². The van der Waals surface area contributed by atoms with Crippen molar-refractivity contribution in [3.8, 4) is 11.5 Å². The lowest BCUT2D eigenvalue weighted by Gasteiger charge is -2.27. The molecule has 0 radical (unpaired) electrons. The number of carboxylic acid groups (broad SMARTS) is 1. The van der Waals surface area contributed by atoms with Crippen molar-refractivity contribution < 1.29 is 19.4 Å². The van der Waals surface area contributed by atoms with Gasteiger partial charge in [0.2, 0.25) is 0 Å². The minimum atomic E-state index is -0.751. The molecule has 130 valence electrons. The van der Waals surface area contributed by atoms with Crippen molar-refractivity contribution in [2.75, 3.05) is 13.7 Å². The summed E-state index contributed by atoms with van der Waals surface area (Å²) < 4.78 is 11.2. The molecule has 0 atom stereocenters. The molecule has 0 fully saturated rings. The molecule has 1 rings (SSSR count). The van der Waals surface area contributed by atoms with Crippen molar-refractivity contribution in [1.82, 2.24) is 5.32 Å². The van der Waals surface area contributed by atoms with Crippen molar-refractivity contribution in [2.24, 2.45) is 5.41 Å². The summed E-state index contributed by atoms with van der Waals surface area (Å²) in [6, 6.07) is 5.74. The van der Waals surface area contributed by atoms with Crippen molar-refractivity contribution in [2.45, 2.75) is 53.2 Å². The van der Waals surface area contributed by atoms with Gasteiger partial charge in [0.1, 0.15) is 0 Å². The Morgan fingerprint density at radius 3 is 2.43 bits per heavy atom. The lowest BCUT2D eigenvalue weighted by molar-refractivity contribution is -0.149. The molecule has 0 unspecified atom stereocenters. The molecule has 5 heteroatoms. The van der Waals surface area contributed by atoms with Gasteiger partial charge in [0.25, 0.3) is 0 Å². The molecule has 1 aromatic rings. The van der Waals surface area contributed by atoms with Gasteiger partial charge in [-0.3, -0.25) is 4.79 Å². The van der Waals surface area contributed by atoms with E-state index in [9.17, 15) is 9.90 Å². The maximum absolute atomic E-state index is 11.6. The van der Waals surface area contributed by atoms with E-state index in [1.54, 1.807) is 7.11 Å². The molecule has 0 aliphatic heterocycles. The Bertz CT molecular complexity index is 510. The zero-order valence-electron chi connectivity index (χ0n) is 14.8. The second kappa shape index (κ2) is 8.77. The summed E-state index contributed by atoms with van der Waals surface area (Å²) in [5, 5.41) is 12.8. The third kappa shape index (κ3) is 4.86. The van der Waals surface area contributed by atoms with Crippen molar-refractivity contribution in [3.05, 3.63) is 23.8 Å². The molecule has 0 bridgehead atoms. The number of nitrogens with one attached hydrogen (secondary N) is 1. The Balaban J connectivity index is 2.87. The highest BCUT2D eigenvalue weighted by atomic mass is 16.5. The van der Waals surface area contributed by atoms with E-state index in [2.05, 4.69) is 5.32 Å². The molecule has 0 heterocycles. The van der Waals surface area contributed by atoms with Gasteiger partial charge in [-0.25, -0.2) is 0 Å². The average molecular weight is 323 g/mol. The predicted molar refractivity (Wildman–Crippen MR) is 91.1 cm³/mol. The van der Waals surface area contributed by atoms with Crippen LogP contribution in [0.15, 0.2) is 18.2 Å². The number of para-hydroxylation sites is 1. The van der Waals surface area contributed by atoms with E-state index in [0.717, 1.165) is 5.56 Å². The zero-order chi connectivity index (χ0) is 17.5. The van der Waals surface area contributed by atoms with Crippen LogP contribution in [0.2, 0.25) is 0 Å². The fraction of sp³-hybridized carbons (Fsp3) is 0.611. The van der Waals surface area contributed by atoms with E-state index in [0.29, 0.717) is 37.4 Å². The molecule has 2 N–H and O–H groups in total. The van der Waals surface area contributed by atoms with E-state index in [-0.39, 0.29) is 6.10 Å². The number of carboxylic acids is 1. The second-order valence-electron chi connectivity index (χ2n) is 6.01. The largest absolute Gasteiger partial charge is 0.493 e. The Labute approximate surface area is 139 Å². The molecular formula is C18H29NO4. The van der Waals surface area contributed by atoms with Crippen LogP contribution in [-0.2, 0) is 11.3 Å². The van der Waals surface area contributed by atoms with Crippen LogP contribution in [0.4, 0.5) is 0 Å². The molecule has 0 saturated heterocycles. The maximum atomic E-state index is 11.6. The second-order valence-corrected chi connectivity index (χ2v) is 6.01. The Morgan fingerprint density at radius 1 is 1.30 bits per heavy atom. The van der Waals surface area contributed by atoms with Gasteiger partial charge < -0.3 is 19.9 Å². The highest BCUT2D eigenvalue weighted by Crippen LogP contribution is 2.32. The fourth-order valence-corrected chi connectivity index (χ4v) is 2.55. The first kappa shape index (κ1) is 19.3. The normalized spacial score (nSPS) is 11.6. The van der Waals surface area contributed by atoms with Gasteiger partial charge in [-0.15, -0.1) is 0 Å². The van der Waals surface area contributed by atoms with Crippen molar-refractivity contribution >= 4 is 5.97 Å². The van der Waals surface area contributed by atoms with Crippen molar-refractivity contribution in [1.29, 1.82) is 0 Å². The monoisotopic (exact) mass is 323 g/mol. The van der Waals surface area contributed by atoms with E-state index in [1.807, 2.05) is 45.9 Å². The van der Waals surface area contributed by atoms with E-state index in [4.69, 9.17) is 9.47 Å². The van der Waals surface area contributed by atoms with Gasteiger partial charge >= 0.3 is 5.97 Å². The number of ether oxygens (including phenoxy) is 2. The molecule has 0 aliphatic rings. The fourth-order valence-electron chi connectivity index (χ4n) is 2.55. The molecule has 0 saturated carbocycles. The topological polar surface area (TPSA) is 67.8 Å². The summed E-state index contributed by atoms with van der Waals surface area (Å²) in [6.45, 7) is 8.72. The molecule has 0 aromatic heterocycles. The van der Waals surface area contributed by atoms with Gasteiger partial charge in [0.05, 0.1) is 18.6 Å². The first-order chi connectivity index (χ1) is 10.9. The number of carbonyl (C=O) groups is 1. The van der Waals surface area contributed by atoms with Gasteiger partial charge in [-0.1, -0.05) is 26.0 Å². The van der Waals surface area contributed by atoms with Gasteiger partial charge in [0.15, 0.2) is 11.5 Å². The van der Waals surface area contributed by atoms with Crippen molar-refractivity contribution in [3.63, 3.8) is 0 Å². The molecule has 5 nitrogen and oxygen atoms in total. The Hall–Kier alpha value is -1.75. The summed E-state index contributed by atoms with van der Waals surface area (Å²) >= 11 is 0. The number of hydrogen-bond acceptors (Lipinski definition) is 4. The standard InChI is InChI=1S/C18H29NO4/c1-6-18(7-2,17(20)21)12-19-11-14-9-8-10-15(22-5)16(14)23-13(3)4/h8-10,13,19H,6-7,11-12H2,1-5H3,(H,20,21). The highest BCUT2D eigenvalue weighted by Gasteiger charge is 2.34. The third-order valence-electron chi connectivity index (χ3n) is 4.22. The summed E-state index contributed by atoms with van der Waals surface area (Å²) in [7, 11) is 1.61. The number of methoxy groups -OCH3 is 1. The van der Waals surface area contributed by atoms with Crippen LogP contribution >= 0.6 is 0 Å². The van der Waals surface area contributed by atoms with Crippen LogP contribution < -0.4 is 14.8 Å². The maximum Gasteiger partial charge on any atom is 0.310 e. The highest BCUT2D eigenvalue weighted by molar-refractivity contribution is 5.74. The number of aliphatic carboxylic acids is 1. The molecule has 1 aromatic carbocycles. The SMILES string of the molecule is CCC(CC)(CNCc1cccc(OC)c1OC(C)C)C(=O)O. The first-order valence-electron chi connectivity index (χ1n) is 8.16. The first-order valence-corrected chi connectivity index (χ1v) is 8.16. The third-order valence-corrected chi connectivity index (χ3v) is 4.22. The molecular weight excluding hydrogens is 294 g/mol. The van der Waals surface area contributed by atoms with E-state index < -0.39 is 11.4 Å². The predicted octanol–water partition coefficient (Wildman–Crippen LogP) is 3.46. The molecule has 0 aliphatic carbocycles. The smallest absolute Gasteiger partial charge is 0.310 e. The van der Waals surface area contributed by atoms with Gasteiger partial charge in [0, 0.05) is 18.7 Å². The quantitative estimate of drug-likeness (QED) is 0.690. The lowest BCUT2D eigenvalue weighted by atomic mass is 9.82. The number of benzene rings is 1. The Kier molecular flexibility index (Phi) is 7.36. The molecule has 0 amide bonds. The van der Waals surface area contributed by atoms with Crippen LogP contribution in [0, 0.1) is 5.41 Å². The van der Waals surface area contributed by atoms with E-state index in [1.165, 1.54) is 0 Å². The zero-order valence-corrected chi connectivity index (χ0v) is 14.8. The minimum absolute atomic E-state index is 0.0365. The van der Waals surface area contributed by atoms with Crippen LogP contribution in [0.3, 0.4) is 0 Å². The average Bonchev–Trinajstić information content (AvgIpc) is 2.52. The van der Waals surface area contributed by atoms with Crippen LogP contribution in [-0.4, -0.2) is 30.8 Å². The van der Waals surface area contributed by atoms with Gasteiger partial charge in [-0.05, 0) is 32.8 Å².